The fourth-order valence-corrected chi connectivity index (χ4v) is 1.53. The summed E-state index contributed by atoms with van der Waals surface area (Å²) in [5.41, 5.74) is 0.262. The number of ether oxygens (including phenoxy) is 1. The molecule has 0 saturated carbocycles. The molecule has 1 rings (SSSR count). The maximum atomic E-state index is 13.5. The molecule has 2 amide bonds. The summed E-state index contributed by atoms with van der Waals surface area (Å²) in [6.07, 6.45) is -0.677. The van der Waals surface area contributed by atoms with E-state index in [0.717, 1.165) is 0 Å². The van der Waals surface area contributed by atoms with Crippen molar-refractivity contribution in [3.8, 4) is 0 Å². The number of carbonyl (C=O) groups excluding carboxylic acids is 2. The van der Waals surface area contributed by atoms with Crippen LogP contribution in [0.25, 0.3) is 0 Å². The lowest BCUT2D eigenvalue weighted by Crippen LogP contribution is -2.35. The molecular weight excluding hydrogens is 287 g/mol. The fourth-order valence-electron chi connectivity index (χ4n) is 1.34. The van der Waals surface area contributed by atoms with Crippen molar-refractivity contribution in [1.29, 1.82) is 0 Å². The minimum Gasteiger partial charge on any atom is -0.439 e. The van der Waals surface area contributed by atoms with Gasteiger partial charge in [-0.25, -0.2) is 9.18 Å². The molecule has 0 spiro atoms. The zero-order valence-corrected chi connectivity index (χ0v) is 12.0. The van der Waals surface area contributed by atoms with Gasteiger partial charge in [0.25, 0.3) is 5.91 Å². The summed E-state index contributed by atoms with van der Waals surface area (Å²) >= 11 is 5.61. The Balaban J connectivity index is 2.37. The number of carbonyl (C=O) groups is 2. The number of hydrogen-bond donors (Lipinski definition) is 2. The molecule has 0 aliphatic rings. The van der Waals surface area contributed by atoms with Gasteiger partial charge in [-0.3, -0.25) is 4.79 Å². The van der Waals surface area contributed by atoms with Crippen molar-refractivity contribution in [2.45, 2.75) is 26.4 Å². The highest BCUT2D eigenvalue weighted by molar-refractivity contribution is 6.30. The molecule has 20 heavy (non-hydrogen) atoms. The lowest BCUT2D eigenvalue weighted by molar-refractivity contribution is -0.124. The van der Waals surface area contributed by atoms with E-state index in [4.69, 9.17) is 11.6 Å². The molecule has 7 heteroatoms. The van der Waals surface area contributed by atoms with E-state index in [1.165, 1.54) is 12.1 Å². The Morgan fingerprint density at radius 2 is 2.10 bits per heavy atom. The van der Waals surface area contributed by atoms with E-state index in [2.05, 4.69) is 15.4 Å². The third-order valence-electron chi connectivity index (χ3n) is 2.25. The second-order valence-electron chi connectivity index (χ2n) is 4.36. The highest BCUT2D eigenvalue weighted by atomic mass is 35.5. The van der Waals surface area contributed by atoms with Crippen molar-refractivity contribution < 1.29 is 18.7 Å². The molecule has 2 N–H and O–H groups in total. The predicted octanol–water partition coefficient (Wildman–Crippen LogP) is 2.23. The molecule has 1 aromatic rings. The average Bonchev–Trinajstić information content (AvgIpc) is 2.37. The summed E-state index contributed by atoms with van der Waals surface area (Å²) in [6, 6.07) is 4.43. The first-order valence-corrected chi connectivity index (χ1v) is 6.41. The molecule has 0 unspecified atom stereocenters. The van der Waals surface area contributed by atoms with Gasteiger partial charge in [0, 0.05) is 18.2 Å². The highest BCUT2D eigenvalue weighted by Crippen LogP contribution is 2.17. The molecule has 0 aliphatic carbocycles. The highest BCUT2D eigenvalue weighted by Gasteiger charge is 2.10. The van der Waals surface area contributed by atoms with Crippen molar-refractivity contribution in [2.75, 3.05) is 6.61 Å². The number of amides is 2. The Kier molecular flexibility index (Phi) is 6.24. The van der Waals surface area contributed by atoms with Gasteiger partial charge in [-0.15, -0.1) is 0 Å². The van der Waals surface area contributed by atoms with Crippen LogP contribution >= 0.6 is 11.6 Å². The molecule has 0 atom stereocenters. The zero-order chi connectivity index (χ0) is 15.1. The van der Waals surface area contributed by atoms with E-state index in [1.807, 2.05) is 0 Å². The summed E-state index contributed by atoms with van der Waals surface area (Å²) in [6.45, 7) is 3.08. The average molecular weight is 303 g/mol. The molecule has 0 fully saturated rings. The van der Waals surface area contributed by atoms with Crippen molar-refractivity contribution >= 4 is 23.6 Å². The number of halogens is 2. The van der Waals surface area contributed by atoms with Crippen LogP contribution in [-0.4, -0.2) is 24.6 Å². The van der Waals surface area contributed by atoms with Gasteiger partial charge in [0.15, 0.2) is 6.61 Å². The Labute approximate surface area is 121 Å². The number of nitrogens with one attached hydrogen (secondary N) is 2. The zero-order valence-electron chi connectivity index (χ0n) is 11.2. The quantitative estimate of drug-likeness (QED) is 0.876. The number of hydrogen-bond acceptors (Lipinski definition) is 3. The summed E-state index contributed by atoms with van der Waals surface area (Å²) in [5.74, 6) is -1.10. The van der Waals surface area contributed by atoms with E-state index in [9.17, 15) is 14.0 Å². The summed E-state index contributed by atoms with van der Waals surface area (Å²) in [4.78, 5) is 22.6. The van der Waals surface area contributed by atoms with Crippen LogP contribution in [0.15, 0.2) is 18.2 Å². The monoisotopic (exact) mass is 302 g/mol. The normalized spacial score (nSPS) is 10.2. The molecule has 110 valence electrons. The van der Waals surface area contributed by atoms with Gasteiger partial charge >= 0.3 is 6.09 Å². The van der Waals surface area contributed by atoms with E-state index >= 15 is 0 Å². The van der Waals surface area contributed by atoms with E-state index < -0.39 is 24.4 Å². The standard InChI is InChI=1S/C13H16ClFN2O3/c1-8(2)17-13(19)20-7-11(18)16-6-9-4-3-5-10(14)12(9)15/h3-5,8H,6-7H2,1-2H3,(H,16,18)(H,17,19). The van der Waals surface area contributed by atoms with Crippen LogP contribution in [0.2, 0.25) is 5.02 Å². The van der Waals surface area contributed by atoms with Crippen LogP contribution in [0.3, 0.4) is 0 Å². The predicted molar refractivity (Wildman–Crippen MR) is 72.9 cm³/mol. The fraction of sp³-hybridized carbons (Fsp3) is 0.385. The van der Waals surface area contributed by atoms with Crippen LogP contribution in [-0.2, 0) is 16.1 Å². The Bertz CT molecular complexity index is 495. The Hall–Kier alpha value is -1.82. The van der Waals surface area contributed by atoms with Gasteiger partial charge in [-0.05, 0) is 19.9 Å². The first kappa shape index (κ1) is 16.2. The lowest BCUT2D eigenvalue weighted by atomic mass is 10.2. The van der Waals surface area contributed by atoms with Crippen molar-refractivity contribution in [3.05, 3.63) is 34.6 Å². The van der Waals surface area contributed by atoms with Crippen LogP contribution < -0.4 is 10.6 Å². The first-order valence-electron chi connectivity index (χ1n) is 6.03. The Morgan fingerprint density at radius 1 is 1.40 bits per heavy atom. The van der Waals surface area contributed by atoms with Crippen LogP contribution in [0.1, 0.15) is 19.4 Å². The summed E-state index contributed by atoms with van der Waals surface area (Å²) < 4.78 is 18.2. The molecule has 0 radical (unpaired) electrons. The van der Waals surface area contributed by atoms with Gasteiger partial charge < -0.3 is 15.4 Å². The molecular formula is C13H16ClFN2O3. The lowest BCUT2D eigenvalue weighted by Gasteiger charge is -2.10. The van der Waals surface area contributed by atoms with Crippen molar-refractivity contribution in [1.82, 2.24) is 10.6 Å². The second-order valence-corrected chi connectivity index (χ2v) is 4.77. The third kappa shape index (κ3) is 5.44. The molecule has 1 aromatic carbocycles. The second kappa shape index (κ2) is 7.69. The minimum absolute atomic E-state index is 0.00990. The van der Waals surface area contributed by atoms with Gasteiger partial charge in [0.1, 0.15) is 5.82 Å². The minimum atomic E-state index is -0.677. The molecule has 0 saturated heterocycles. The summed E-state index contributed by atoms with van der Waals surface area (Å²) in [5, 5.41) is 4.89. The van der Waals surface area contributed by atoms with E-state index in [0.29, 0.717) is 0 Å². The van der Waals surface area contributed by atoms with Crippen LogP contribution in [0, 0.1) is 5.82 Å². The maximum Gasteiger partial charge on any atom is 0.407 e. The SMILES string of the molecule is CC(C)NC(=O)OCC(=O)NCc1cccc(Cl)c1F. The molecule has 0 bridgehead atoms. The largest absolute Gasteiger partial charge is 0.439 e. The van der Waals surface area contributed by atoms with Crippen LogP contribution in [0.5, 0.6) is 0 Å². The molecule has 0 aromatic heterocycles. The number of benzene rings is 1. The van der Waals surface area contributed by atoms with Crippen molar-refractivity contribution in [2.24, 2.45) is 0 Å². The molecule has 0 heterocycles. The Morgan fingerprint density at radius 3 is 2.75 bits per heavy atom. The van der Waals surface area contributed by atoms with Gasteiger partial charge in [-0.2, -0.15) is 0 Å². The summed E-state index contributed by atoms with van der Waals surface area (Å²) in [7, 11) is 0. The van der Waals surface area contributed by atoms with Gasteiger partial charge in [0.2, 0.25) is 0 Å². The number of alkyl carbamates (subject to hydrolysis) is 1. The topological polar surface area (TPSA) is 67.4 Å². The smallest absolute Gasteiger partial charge is 0.407 e. The van der Waals surface area contributed by atoms with Crippen LogP contribution in [0.4, 0.5) is 9.18 Å². The molecule has 0 aliphatic heterocycles. The molecule has 5 nitrogen and oxygen atoms in total. The van der Waals surface area contributed by atoms with Crippen molar-refractivity contribution in [3.63, 3.8) is 0 Å². The van der Waals surface area contributed by atoms with Gasteiger partial charge in [-0.1, -0.05) is 23.7 Å². The number of rotatable bonds is 5. The van der Waals surface area contributed by atoms with E-state index in [-0.39, 0.29) is 23.2 Å². The van der Waals surface area contributed by atoms with E-state index in [1.54, 1.807) is 19.9 Å². The third-order valence-corrected chi connectivity index (χ3v) is 2.54. The first-order chi connectivity index (χ1) is 9.40. The van der Waals surface area contributed by atoms with Gasteiger partial charge in [0.05, 0.1) is 5.02 Å². The maximum absolute atomic E-state index is 13.5.